The summed E-state index contributed by atoms with van der Waals surface area (Å²) in [6, 6.07) is 9.77. The molecule has 0 aliphatic rings. The highest BCUT2D eigenvalue weighted by atomic mass is 19.4. The summed E-state index contributed by atoms with van der Waals surface area (Å²) in [4.78, 5) is 11.9. The van der Waals surface area contributed by atoms with E-state index in [1.54, 1.807) is 30.3 Å². The number of rotatable bonds is 8. The maximum absolute atomic E-state index is 13.4. The SMILES string of the molecule is CCCc1cc2c(C(F)(F)F)noc2c(CCC)c1O[C@@H](C(=O)O)c1ccccc1. The fourth-order valence-electron chi connectivity index (χ4n) is 3.48. The van der Waals surface area contributed by atoms with Crippen molar-refractivity contribution >= 4 is 16.9 Å². The van der Waals surface area contributed by atoms with Gasteiger partial charge >= 0.3 is 12.1 Å². The molecule has 1 heterocycles. The molecule has 5 nitrogen and oxygen atoms in total. The number of fused-ring (bicyclic) bond motifs is 1. The third-order valence-corrected chi connectivity index (χ3v) is 4.74. The number of hydrogen-bond acceptors (Lipinski definition) is 4. The summed E-state index contributed by atoms with van der Waals surface area (Å²) in [5.74, 6) is -0.938. The van der Waals surface area contributed by atoms with E-state index in [0.29, 0.717) is 42.4 Å². The minimum atomic E-state index is -4.66. The molecular weight excluding hydrogens is 399 g/mol. The van der Waals surface area contributed by atoms with Crippen molar-refractivity contribution in [3.8, 4) is 5.75 Å². The van der Waals surface area contributed by atoms with Gasteiger partial charge in [-0.1, -0.05) is 62.2 Å². The zero-order valence-electron chi connectivity index (χ0n) is 16.6. The Kier molecular flexibility index (Phi) is 6.34. The van der Waals surface area contributed by atoms with Gasteiger partial charge in [0.15, 0.2) is 11.3 Å². The van der Waals surface area contributed by atoms with Crippen LogP contribution >= 0.6 is 0 Å². The lowest BCUT2D eigenvalue weighted by Crippen LogP contribution is -2.19. The van der Waals surface area contributed by atoms with E-state index in [0.717, 1.165) is 0 Å². The number of halogens is 3. The summed E-state index contributed by atoms with van der Waals surface area (Å²) in [6.45, 7) is 3.76. The van der Waals surface area contributed by atoms with Crippen molar-refractivity contribution in [2.24, 2.45) is 0 Å². The van der Waals surface area contributed by atoms with Crippen molar-refractivity contribution in [3.05, 3.63) is 58.8 Å². The Morgan fingerprint density at radius 3 is 2.40 bits per heavy atom. The van der Waals surface area contributed by atoms with E-state index in [1.165, 1.54) is 6.07 Å². The standard InChI is InChI=1S/C22H22F3NO4/c1-3-8-14-12-16-19(30-26-20(16)22(23,24)25)15(9-4-2)17(14)29-18(21(27)28)13-10-6-5-7-11-13/h5-7,10-12,18H,3-4,8-9H2,1-2H3,(H,27,28)/t18-/m1/s1. The van der Waals surface area contributed by atoms with E-state index in [-0.39, 0.29) is 16.7 Å². The van der Waals surface area contributed by atoms with Crippen molar-refractivity contribution in [1.82, 2.24) is 5.16 Å². The Morgan fingerprint density at radius 2 is 1.83 bits per heavy atom. The number of aliphatic carboxylic acids is 1. The molecule has 0 unspecified atom stereocenters. The van der Waals surface area contributed by atoms with Gasteiger partial charge in [-0.25, -0.2) is 4.79 Å². The zero-order valence-corrected chi connectivity index (χ0v) is 16.6. The largest absolute Gasteiger partial charge is 0.478 e. The zero-order chi connectivity index (χ0) is 21.9. The predicted molar refractivity (Wildman–Crippen MR) is 104 cm³/mol. The van der Waals surface area contributed by atoms with E-state index in [1.807, 2.05) is 13.8 Å². The van der Waals surface area contributed by atoms with Gasteiger partial charge in [-0.15, -0.1) is 0 Å². The molecule has 1 aromatic heterocycles. The molecule has 160 valence electrons. The number of benzene rings is 2. The predicted octanol–water partition coefficient (Wildman–Crippen LogP) is 5.96. The number of aromatic nitrogens is 1. The van der Waals surface area contributed by atoms with Crippen LogP contribution in [-0.4, -0.2) is 16.2 Å². The third-order valence-electron chi connectivity index (χ3n) is 4.74. The smallest absolute Gasteiger partial charge is 0.437 e. The molecule has 30 heavy (non-hydrogen) atoms. The van der Waals surface area contributed by atoms with Gasteiger partial charge in [0.25, 0.3) is 0 Å². The van der Waals surface area contributed by atoms with Crippen LogP contribution in [0.3, 0.4) is 0 Å². The van der Waals surface area contributed by atoms with Gasteiger partial charge in [0, 0.05) is 11.1 Å². The number of ether oxygens (including phenoxy) is 1. The lowest BCUT2D eigenvalue weighted by molar-refractivity contribution is -0.145. The van der Waals surface area contributed by atoms with E-state index in [9.17, 15) is 23.1 Å². The van der Waals surface area contributed by atoms with Crippen LogP contribution in [0.25, 0.3) is 11.0 Å². The fourth-order valence-corrected chi connectivity index (χ4v) is 3.48. The number of alkyl halides is 3. The highest BCUT2D eigenvalue weighted by Gasteiger charge is 2.38. The van der Waals surface area contributed by atoms with Crippen LogP contribution in [0.15, 0.2) is 40.9 Å². The van der Waals surface area contributed by atoms with Crippen LogP contribution in [-0.2, 0) is 23.8 Å². The average Bonchev–Trinajstić information content (AvgIpc) is 3.12. The number of carboxylic acids is 1. The molecular formula is C22H22F3NO4. The highest BCUT2D eigenvalue weighted by Crippen LogP contribution is 2.41. The lowest BCUT2D eigenvalue weighted by Gasteiger charge is -2.21. The molecule has 0 spiro atoms. The summed E-state index contributed by atoms with van der Waals surface area (Å²) in [5, 5.41) is 12.9. The second-order valence-corrected chi connectivity index (χ2v) is 7.00. The quantitative estimate of drug-likeness (QED) is 0.486. The minimum absolute atomic E-state index is 0.0174. The monoisotopic (exact) mass is 421 g/mol. The molecule has 0 radical (unpaired) electrons. The first-order valence-corrected chi connectivity index (χ1v) is 9.73. The first-order chi connectivity index (χ1) is 14.3. The van der Waals surface area contributed by atoms with Crippen LogP contribution < -0.4 is 4.74 Å². The van der Waals surface area contributed by atoms with Crippen molar-refractivity contribution < 1.29 is 32.3 Å². The minimum Gasteiger partial charge on any atom is -0.478 e. The normalized spacial score (nSPS) is 12.8. The molecule has 0 aliphatic carbocycles. The van der Waals surface area contributed by atoms with Gasteiger partial charge in [-0.3, -0.25) is 0 Å². The molecule has 2 aromatic carbocycles. The topological polar surface area (TPSA) is 72.6 Å². The Hall–Kier alpha value is -3.03. The Balaban J connectivity index is 2.22. The summed E-state index contributed by atoms with van der Waals surface area (Å²) < 4.78 is 51.2. The van der Waals surface area contributed by atoms with Gasteiger partial charge in [0.2, 0.25) is 6.10 Å². The van der Waals surface area contributed by atoms with Gasteiger partial charge in [-0.05, 0) is 24.5 Å². The molecule has 0 aliphatic heterocycles. The number of hydrogen-bond donors (Lipinski definition) is 1. The van der Waals surface area contributed by atoms with E-state index >= 15 is 0 Å². The van der Waals surface area contributed by atoms with E-state index in [2.05, 4.69) is 5.16 Å². The van der Waals surface area contributed by atoms with E-state index in [4.69, 9.17) is 9.26 Å². The molecule has 3 rings (SSSR count). The van der Waals surface area contributed by atoms with Crippen LogP contribution in [0.5, 0.6) is 5.75 Å². The third kappa shape index (κ3) is 4.27. The lowest BCUT2D eigenvalue weighted by atomic mass is 9.97. The molecule has 8 heteroatoms. The van der Waals surface area contributed by atoms with Crippen molar-refractivity contribution in [3.63, 3.8) is 0 Å². The van der Waals surface area contributed by atoms with Crippen LogP contribution in [0, 0.1) is 0 Å². The summed E-state index contributed by atoms with van der Waals surface area (Å²) >= 11 is 0. The summed E-state index contributed by atoms with van der Waals surface area (Å²) in [7, 11) is 0. The Labute approximate surface area is 171 Å². The number of carbonyl (C=O) groups is 1. The van der Waals surface area contributed by atoms with Crippen LogP contribution in [0.1, 0.15) is 55.2 Å². The first kappa shape index (κ1) is 21.7. The molecule has 1 N–H and O–H groups in total. The molecule has 1 atom stereocenters. The molecule has 3 aromatic rings. The van der Waals surface area contributed by atoms with Gasteiger partial charge in [-0.2, -0.15) is 13.2 Å². The van der Waals surface area contributed by atoms with Crippen molar-refractivity contribution in [2.45, 2.75) is 51.8 Å². The second-order valence-electron chi connectivity index (χ2n) is 7.00. The molecule has 0 saturated carbocycles. The van der Waals surface area contributed by atoms with Gasteiger partial charge in [0.1, 0.15) is 5.75 Å². The van der Waals surface area contributed by atoms with Crippen LogP contribution in [0.2, 0.25) is 0 Å². The van der Waals surface area contributed by atoms with Crippen molar-refractivity contribution in [1.29, 1.82) is 0 Å². The average molecular weight is 421 g/mol. The number of carboxylic acid groups (broad SMARTS) is 1. The molecule has 0 saturated heterocycles. The van der Waals surface area contributed by atoms with Crippen molar-refractivity contribution in [2.75, 3.05) is 0 Å². The van der Waals surface area contributed by atoms with Gasteiger partial charge in [0.05, 0.1) is 5.39 Å². The maximum Gasteiger partial charge on any atom is 0.437 e. The molecule has 0 amide bonds. The van der Waals surface area contributed by atoms with Gasteiger partial charge < -0.3 is 14.4 Å². The Morgan fingerprint density at radius 1 is 1.17 bits per heavy atom. The first-order valence-electron chi connectivity index (χ1n) is 9.73. The Bertz CT molecular complexity index is 1030. The highest BCUT2D eigenvalue weighted by molar-refractivity contribution is 5.87. The summed E-state index contributed by atoms with van der Waals surface area (Å²) in [5.41, 5.74) is 0.240. The molecule has 0 fully saturated rings. The van der Waals surface area contributed by atoms with E-state index < -0.39 is 23.9 Å². The number of nitrogens with zero attached hydrogens (tertiary/aromatic N) is 1. The maximum atomic E-state index is 13.4. The summed E-state index contributed by atoms with van der Waals surface area (Å²) in [6.07, 6.45) is -3.94. The number of aryl methyl sites for hydroxylation is 2. The second kappa shape index (κ2) is 8.77. The van der Waals surface area contributed by atoms with Crippen LogP contribution in [0.4, 0.5) is 13.2 Å². The molecule has 0 bridgehead atoms. The fraction of sp³-hybridized carbons (Fsp3) is 0.364.